The van der Waals surface area contributed by atoms with Crippen molar-refractivity contribution in [2.75, 3.05) is 47.9 Å². The Morgan fingerprint density at radius 2 is 1.64 bits per heavy atom. The maximum Gasteiger partial charge on any atom is 0.308 e. The van der Waals surface area contributed by atoms with Crippen LogP contribution in [0.4, 0.5) is 0 Å². The molecular weight excluding hydrogens is 1140 g/mol. The van der Waals surface area contributed by atoms with Crippen molar-refractivity contribution in [2.45, 2.75) is 205 Å². The number of aromatic nitrogens is 1. The number of carbonyl (C=O) groups excluding carboxylic acids is 2. The highest BCUT2D eigenvalue weighted by Gasteiger charge is 2.62. The summed E-state index contributed by atoms with van der Waals surface area (Å²) < 4.78 is 78.7. The normalized spacial score (nSPS) is 22.7. The van der Waals surface area contributed by atoms with E-state index in [9.17, 15) is 4.79 Å². The minimum Gasteiger partial charge on any atom is -0.492 e. The van der Waals surface area contributed by atoms with Crippen LogP contribution in [0.3, 0.4) is 0 Å². The van der Waals surface area contributed by atoms with Crippen LogP contribution in [0, 0.1) is 23.3 Å². The first-order chi connectivity index (χ1) is 39.7. The highest BCUT2D eigenvalue weighted by molar-refractivity contribution is 6.87. The van der Waals surface area contributed by atoms with Crippen LogP contribution < -0.4 is 29.0 Å². The Labute approximate surface area is 508 Å². The second-order valence-electron chi connectivity index (χ2n) is 24.2. The van der Waals surface area contributed by atoms with E-state index in [1.807, 2.05) is 33.8 Å². The number of amides is 1. The first-order valence-corrected chi connectivity index (χ1v) is 38.1. The molecule has 1 amide bonds. The fourth-order valence-corrected chi connectivity index (χ4v) is 17.7. The van der Waals surface area contributed by atoms with E-state index in [1.54, 1.807) is 36.4 Å². The van der Waals surface area contributed by atoms with Crippen molar-refractivity contribution < 1.29 is 65.8 Å². The third-order valence-electron chi connectivity index (χ3n) is 17.2. The molecule has 0 saturated carbocycles. The molecule has 0 unspecified atom stereocenters. The maximum absolute atomic E-state index is 15.1. The number of benzene rings is 2. The number of pyridine rings is 1. The number of methoxy groups -OCH3 is 3. The lowest BCUT2D eigenvalue weighted by atomic mass is 9.90. The van der Waals surface area contributed by atoms with Gasteiger partial charge in [-0.15, -0.1) is 11.5 Å². The Hall–Kier alpha value is -4.91. The van der Waals surface area contributed by atoms with Gasteiger partial charge >= 0.3 is 5.97 Å². The molecule has 0 radical (unpaired) electrons. The monoisotopic (exact) mass is 1230 g/mol. The van der Waals surface area contributed by atoms with Crippen LogP contribution in [0.5, 0.6) is 28.7 Å². The SMILES string of the molecule is C=CCOc1cc2cc(OC(C)C)c(OC)c(OC)c2cc1C(=O)N[C@@H]1CC(=O)OC[C@@H](OCOC)[C@@](CC#C[Si](CC)(CC)CC)(O[Si](CC)(CC)CC)C#CC2=C[C@H](Oc3ccc1nc3Cl)[C@@H](O[Si](C)(C)C(C)(C)C)[C@]21COC(C)(C)O1. The number of fused-ring (bicyclic) bond motifs is 10. The topological polar surface area (TPSA) is 170 Å². The standard InChI is InChI=1S/C64H93ClN2O14Si3/c1-20-33-73-51-35-44-36-52(77-43(8)9)57(72-17)56(71-16)46(44)38-47(51)60(69)67-49-39-55(68)74-40-54(75-42-70-15)63(81-84(24-5,25-6)26-7,31-27-34-83(21-2,22-3)23-4)32-30-45-37-53(78-50-29-28-48(49)66-59(50)65)58(79-82(18,19)61(10,11)12)64(45)41-76-62(13,14)80-64/h20,28-29,35-38,43,49,53-54,58H,1,21-26,31,33,39-42H2,2-19H3,(H,67,69)/t49-,53+,54-,58-,63+,64+/m1/s1. The van der Waals surface area contributed by atoms with Gasteiger partial charge in [-0.25, -0.2) is 4.98 Å². The lowest BCUT2D eigenvalue weighted by Crippen LogP contribution is -2.57. The van der Waals surface area contributed by atoms with Crippen LogP contribution in [-0.4, -0.2) is 131 Å². The van der Waals surface area contributed by atoms with E-state index >= 15 is 4.79 Å². The van der Waals surface area contributed by atoms with E-state index < -0.39 is 84.3 Å². The zero-order chi connectivity index (χ0) is 62.1. The lowest BCUT2D eigenvalue weighted by molar-refractivity contribution is -0.173. The predicted molar refractivity (Wildman–Crippen MR) is 337 cm³/mol. The van der Waals surface area contributed by atoms with E-state index in [-0.39, 0.29) is 72.1 Å². The first kappa shape index (κ1) is 68.2. The molecule has 7 rings (SSSR count). The minimum absolute atomic E-state index is 0.0387. The molecule has 1 saturated heterocycles. The van der Waals surface area contributed by atoms with E-state index in [0.29, 0.717) is 33.6 Å². The molecule has 1 N–H and O–H groups in total. The van der Waals surface area contributed by atoms with Crippen molar-refractivity contribution in [3.8, 4) is 52.1 Å². The Balaban J connectivity index is 1.62. The van der Waals surface area contributed by atoms with Gasteiger partial charge < -0.3 is 61.5 Å². The van der Waals surface area contributed by atoms with Gasteiger partial charge in [0.1, 0.15) is 52.1 Å². The second-order valence-corrected chi connectivity index (χ2v) is 39.0. The van der Waals surface area contributed by atoms with Crippen LogP contribution in [0.2, 0.25) is 59.5 Å². The van der Waals surface area contributed by atoms with Crippen molar-refractivity contribution in [1.29, 1.82) is 0 Å². The van der Waals surface area contributed by atoms with Crippen LogP contribution in [-0.2, 0) is 37.3 Å². The van der Waals surface area contributed by atoms with Crippen molar-refractivity contribution in [3.63, 3.8) is 0 Å². The van der Waals surface area contributed by atoms with Gasteiger partial charge in [0.05, 0.1) is 57.1 Å². The average molecular weight is 1230 g/mol. The molecule has 84 heavy (non-hydrogen) atoms. The lowest BCUT2D eigenvalue weighted by Gasteiger charge is -2.44. The third-order valence-corrected chi connectivity index (χ3v) is 31.4. The molecule has 4 aliphatic rings. The fourth-order valence-electron chi connectivity index (χ4n) is 10.8. The molecular formula is C64H93ClN2O14Si3. The van der Waals surface area contributed by atoms with E-state index in [0.717, 1.165) is 36.3 Å². The van der Waals surface area contributed by atoms with Gasteiger partial charge in [-0.05, 0) is 124 Å². The molecule has 6 atom stereocenters. The van der Waals surface area contributed by atoms with E-state index in [4.69, 9.17) is 72.8 Å². The van der Waals surface area contributed by atoms with Crippen molar-refractivity contribution in [2.24, 2.45) is 0 Å². The third kappa shape index (κ3) is 15.1. The van der Waals surface area contributed by atoms with E-state index in [1.165, 1.54) is 21.3 Å². The van der Waals surface area contributed by atoms with Gasteiger partial charge in [0.15, 0.2) is 56.0 Å². The number of carbonyl (C=O) groups is 2. The number of halogens is 1. The van der Waals surface area contributed by atoms with Crippen LogP contribution in [0.25, 0.3) is 10.8 Å². The molecule has 2 aromatic carbocycles. The Morgan fingerprint density at radius 3 is 2.20 bits per heavy atom. The summed E-state index contributed by atoms with van der Waals surface area (Å²) in [6.07, 6.45) is 0.348. The molecule has 4 bridgehead atoms. The average Bonchev–Trinajstić information content (AvgIpc) is 1.68. The predicted octanol–water partition coefficient (Wildman–Crippen LogP) is 13.5. The number of rotatable bonds is 23. The van der Waals surface area contributed by atoms with Crippen molar-refractivity contribution in [1.82, 2.24) is 10.3 Å². The zero-order valence-electron chi connectivity index (χ0n) is 53.2. The molecule has 1 aliphatic carbocycles. The van der Waals surface area contributed by atoms with Gasteiger partial charge in [-0.2, -0.15) is 0 Å². The molecule has 462 valence electrons. The minimum atomic E-state index is -2.68. The second kappa shape index (κ2) is 28.3. The Morgan fingerprint density at radius 1 is 0.976 bits per heavy atom. The molecule has 1 spiro atoms. The molecule has 1 aromatic heterocycles. The van der Waals surface area contributed by atoms with Gasteiger partial charge in [0.25, 0.3) is 5.91 Å². The van der Waals surface area contributed by atoms with Gasteiger partial charge in [0.2, 0.25) is 5.75 Å². The smallest absolute Gasteiger partial charge is 0.308 e. The number of hydrogen-bond donors (Lipinski definition) is 1. The molecule has 16 nitrogen and oxygen atoms in total. The van der Waals surface area contributed by atoms with Crippen molar-refractivity contribution in [3.05, 3.63) is 71.0 Å². The number of ether oxygens (including phenoxy) is 10. The summed E-state index contributed by atoms with van der Waals surface area (Å²) in [5, 5.41) is 4.00. The molecule has 3 aliphatic heterocycles. The molecule has 3 aromatic rings. The first-order valence-electron chi connectivity index (χ1n) is 29.7. The fraction of sp³-hybridized carbons (Fsp3) is 0.609. The zero-order valence-corrected chi connectivity index (χ0v) is 56.9. The molecule has 1 fully saturated rings. The van der Waals surface area contributed by atoms with Gasteiger partial charge in [0, 0.05) is 18.1 Å². The highest BCUT2D eigenvalue weighted by Crippen LogP contribution is 2.50. The van der Waals surface area contributed by atoms with Crippen LogP contribution in [0.15, 0.2) is 54.6 Å². The summed E-state index contributed by atoms with van der Waals surface area (Å²) in [6, 6.07) is 12.6. The maximum atomic E-state index is 15.1. The summed E-state index contributed by atoms with van der Waals surface area (Å²) in [5.41, 5.74) is 1.91. The largest absolute Gasteiger partial charge is 0.492 e. The summed E-state index contributed by atoms with van der Waals surface area (Å²) in [7, 11) is -2.81. The Bertz CT molecular complexity index is 2970. The van der Waals surface area contributed by atoms with Gasteiger partial charge in [-0.1, -0.05) is 98.4 Å². The summed E-state index contributed by atoms with van der Waals surface area (Å²) >= 11 is 7.22. The quantitative estimate of drug-likeness (QED) is 0.0237. The van der Waals surface area contributed by atoms with Crippen molar-refractivity contribution >= 4 is 59.0 Å². The summed E-state index contributed by atoms with van der Waals surface area (Å²) in [6.45, 7) is 35.1. The number of nitrogens with zero attached hydrogens (tertiary/aromatic N) is 1. The number of hydrogen-bond acceptors (Lipinski definition) is 15. The van der Waals surface area contributed by atoms with E-state index in [2.05, 4.69) is 111 Å². The van der Waals surface area contributed by atoms with Gasteiger partial charge in [-0.3, -0.25) is 9.59 Å². The Kier molecular flexibility index (Phi) is 23.0. The van der Waals surface area contributed by atoms with Crippen LogP contribution >= 0.6 is 11.6 Å². The van der Waals surface area contributed by atoms with Crippen LogP contribution in [0.1, 0.15) is 125 Å². The number of esters is 1. The number of nitrogens with one attached hydrogen (secondary N) is 1. The summed E-state index contributed by atoms with van der Waals surface area (Å²) in [4.78, 5) is 34.8. The summed E-state index contributed by atoms with van der Waals surface area (Å²) in [5.74, 6) is 10.2. The molecule has 4 heterocycles. The molecule has 20 heteroatoms. The highest BCUT2D eigenvalue weighted by atomic mass is 35.5.